The van der Waals surface area contributed by atoms with Crippen LogP contribution in [0, 0.1) is 0 Å². The van der Waals surface area contributed by atoms with Gasteiger partial charge in [-0.1, -0.05) is 28.1 Å². The lowest BCUT2D eigenvalue weighted by molar-refractivity contribution is 0.0740. The monoisotopic (exact) mass is 412 g/mol. The van der Waals surface area contributed by atoms with Crippen LogP contribution in [0.2, 0.25) is 0 Å². The first-order valence-electron chi connectivity index (χ1n) is 8.33. The summed E-state index contributed by atoms with van der Waals surface area (Å²) >= 11 is 3.42. The van der Waals surface area contributed by atoms with Crippen molar-refractivity contribution in [3.63, 3.8) is 0 Å². The fourth-order valence-electron chi connectivity index (χ4n) is 2.93. The Kier molecular flexibility index (Phi) is 4.66. The van der Waals surface area contributed by atoms with Crippen molar-refractivity contribution < 1.29 is 4.79 Å². The Labute approximate surface area is 159 Å². The Balaban J connectivity index is 1.42. The zero-order chi connectivity index (χ0) is 17.9. The lowest BCUT2D eigenvalue weighted by Crippen LogP contribution is -2.49. The summed E-state index contributed by atoms with van der Waals surface area (Å²) in [6.45, 7) is 2.68. The number of carbonyl (C=O) groups is 1. The minimum atomic E-state index is -0.0329. The fraction of sp³-hybridized carbons (Fsp3) is 0.222. The molecule has 3 aromatic rings. The van der Waals surface area contributed by atoms with E-state index in [1.54, 1.807) is 24.5 Å². The van der Waals surface area contributed by atoms with E-state index in [0.717, 1.165) is 15.7 Å². The van der Waals surface area contributed by atoms with Gasteiger partial charge in [0.15, 0.2) is 0 Å². The molecule has 1 aromatic carbocycles. The molecule has 132 valence electrons. The number of hydrogen-bond donors (Lipinski definition) is 1. The van der Waals surface area contributed by atoms with Gasteiger partial charge in [0.1, 0.15) is 5.69 Å². The number of aromatic nitrogens is 4. The number of halogens is 1. The Morgan fingerprint density at radius 1 is 1.04 bits per heavy atom. The third-order valence-electron chi connectivity index (χ3n) is 4.35. The molecule has 0 atom stereocenters. The molecule has 0 saturated carbocycles. The van der Waals surface area contributed by atoms with Crippen molar-refractivity contribution in [3.8, 4) is 11.3 Å². The molecule has 26 heavy (non-hydrogen) atoms. The summed E-state index contributed by atoms with van der Waals surface area (Å²) in [5.41, 5.74) is 2.24. The lowest BCUT2D eigenvalue weighted by Gasteiger charge is -2.34. The maximum absolute atomic E-state index is 12.7. The summed E-state index contributed by atoms with van der Waals surface area (Å²) in [5, 5.41) is 7.14. The number of anilines is 1. The summed E-state index contributed by atoms with van der Waals surface area (Å²) in [7, 11) is 0. The summed E-state index contributed by atoms with van der Waals surface area (Å²) in [6.07, 6.45) is 3.46. The number of carbonyl (C=O) groups excluding carboxylic acids is 1. The van der Waals surface area contributed by atoms with Crippen LogP contribution in [-0.2, 0) is 0 Å². The Morgan fingerprint density at radius 2 is 1.73 bits per heavy atom. The smallest absolute Gasteiger partial charge is 0.272 e. The Hall–Kier alpha value is -2.74. The summed E-state index contributed by atoms with van der Waals surface area (Å²) < 4.78 is 1.01. The van der Waals surface area contributed by atoms with Crippen molar-refractivity contribution in [2.45, 2.75) is 0 Å². The molecular weight excluding hydrogens is 396 g/mol. The van der Waals surface area contributed by atoms with Crippen molar-refractivity contribution in [2.75, 3.05) is 31.1 Å². The van der Waals surface area contributed by atoms with Gasteiger partial charge in [0.05, 0.1) is 5.69 Å². The van der Waals surface area contributed by atoms with Crippen LogP contribution in [0.15, 0.2) is 53.3 Å². The first kappa shape index (κ1) is 16.7. The Morgan fingerprint density at radius 3 is 2.42 bits per heavy atom. The summed E-state index contributed by atoms with van der Waals surface area (Å²) in [5.74, 6) is 0.674. The van der Waals surface area contributed by atoms with E-state index < -0.39 is 0 Å². The number of amides is 1. The molecule has 1 N–H and O–H groups in total. The van der Waals surface area contributed by atoms with Crippen molar-refractivity contribution in [3.05, 3.63) is 59.0 Å². The van der Waals surface area contributed by atoms with Gasteiger partial charge >= 0.3 is 0 Å². The second-order valence-electron chi connectivity index (χ2n) is 6.00. The zero-order valence-corrected chi connectivity index (χ0v) is 15.6. The number of aromatic amines is 1. The molecule has 0 unspecified atom stereocenters. The number of hydrogen-bond acceptors (Lipinski definition) is 5. The summed E-state index contributed by atoms with van der Waals surface area (Å²) in [6, 6.07) is 11.4. The van der Waals surface area contributed by atoms with E-state index in [-0.39, 0.29) is 5.91 Å². The largest absolute Gasteiger partial charge is 0.337 e. The van der Waals surface area contributed by atoms with Gasteiger partial charge < -0.3 is 9.80 Å². The first-order valence-corrected chi connectivity index (χ1v) is 9.12. The van der Waals surface area contributed by atoms with Crippen molar-refractivity contribution in [1.82, 2.24) is 25.1 Å². The quantitative estimate of drug-likeness (QED) is 0.714. The number of nitrogens with one attached hydrogen (secondary N) is 1. The first-order chi connectivity index (χ1) is 12.7. The van der Waals surface area contributed by atoms with Gasteiger partial charge in [0, 0.05) is 48.6 Å². The molecule has 2 aromatic heterocycles. The van der Waals surface area contributed by atoms with Crippen molar-refractivity contribution in [1.29, 1.82) is 0 Å². The molecule has 0 spiro atoms. The van der Waals surface area contributed by atoms with Crippen LogP contribution in [0.1, 0.15) is 10.5 Å². The lowest BCUT2D eigenvalue weighted by atomic mass is 10.1. The second kappa shape index (κ2) is 7.25. The van der Waals surface area contributed by atoms with Crippen molar-refractivity contribution in [2.24, 2.45) is 0 Å². The molecule has 1 amide bonds. The zero-order valence-electron chi connectivity index (χ0n) is 14.0. The average molecular weight is 413 g/mol. The van der Waals surface area contributed by atoms with Gasteiger partial charge in [0.2, 0.25) is 5.95 Å². The summed E-state index contributed by atoms with van der Waals surface area (Å²) in [4.78, 5) is 25.2. The standard InChI is InChI=1S/C18H17BrN6O/c19-14-4-2-13(3-5-14)15-12-16(23-22-15)17(26)24-8-10-25(11-9-24)18-20-6-1-7-21-18/h1-7,12H,8-11H2,(H,22,23). The fourth-order valence-corrected chi connectivity index (χ4v) is 3.20. The van der Waals surface area contributed by atoms with Crippen LogP contribution in [0.4, 0.5) is 5.95 Å². The molecule has 1 saturated heterocycles. The predicted octanol–water partition coefficient (Wildman–Crippen LogP) is 2.59. The SMILES string of the molecule is O=C(c1cc(-c2ccc(Br)cc2)n[nH]1)N1CCN(c2ncccn2)CC1. The number of nitrogens with zero attached hydrogens (tertiary/aromatic N) is 5. The van der Waals surface area contributed by atoms with Crippen LogP contribution in [-0.4, -0.2) is 57.2 Å². The van der Waals surface area contributed by atoms with E-state index in [4.69, 9.17) is 0 Å². The molecule has 0 radical (unpaired) electrons. The molecule has 1 aliphatic rings. The van der Waals surface area contributed by atoms with Gasteiger partial charge in [-0.25, -0.2) is 9.97 Å². The molecule has 4 rings (SSSR count). The molecule has 0 bridgehead atoms. The van der Waals surface area contributed by atoms with Gasteiger partial charge in [-0.3, -0.25) is 9.89 Å². The molecule has 1 fully saturated rings. The Bertz CT molecular complexity index is 888. The van der Waals surface area contributed by atoms with Crippen LogP contribution in [0.3, 0.4) is 0 Å². The van der Waals surface area contributed by atoms with Crippen molar-refractivity contribution >= 4 is 27.8 Å². The minimum Gasteiger partial charge on any atom is -0.337 e. The average Bonchev–Trinajstić information content (AvgIpc) is 3.19. The van der Waals surface area contributed by atoms with Crippen LogP contribution in [0.5, 0.6) is 0 Å². The maximum Gasteiger partial charge on any atom is 0.272 e. The van der Waals surface area contributed by atoms with E-state index in [2.05, 4.69) is 41.0 Å². The van der Waals surface area contributed by atoms with Crippen LogP contribution < -0.4 is 4.90 Å². The second-order valence-corrected chi connectivity index (χ2v) is 6.92. The molecule has 0 aliphatic carbocycles. The maximum atomic E-state index is 12.7. The highest BCUT2D eigenvalue weighted by Crippen LogP contribution is 2.21. The van der Waals surface area contributed by atoms with E-state index >= 15 is 0 Å². The highest BCUT2D eigenvalue weighted by Gasteiger charge is 2.24. The third kappa shape index (κ3) is 3.45. The van der Waals surface area contributed by atoms with Gasteiger partial charge in [-0.2, -0.15) is 5.10 Å². The number of H-pyrrole nitrogens is 1. The highest BCUT2D eigenvalue weighted by atomic mass is 79.9. The van der Waals surface area contributed by atoms with Crippen LogP contribution >= 0.6 is 15.9 Å². The molecule has 8 heteroatoms. The third-order valence-corrected chi connectivity index (χ3v) is 4.88. The van der Waals surface area contributed by atoms with Crippen LogP contribution in [0.25, 0.3) is 11.3 Å². The minimum absolute atomic E-state index is 0.0329. The van der Waals surface area contributed by atoms with Gasteiger partial charge in [0.25, 0.3) is 5.91 Å². The normalized spacial score (nSPS) is 14.5. The molecular formula is C18H17BrN6O. The molecule has 3 heterocycles. The predicted molar refractivity (Wildman–Crippen MR) is 102 cm³/mol. The highest BCUT2D eigenvalue weighted by molar-refractivity contribution is 9.10. The number of benzene rings is 1. The molecule has 7 nitrogen and oxygen atoms in total. The van der Waals surface area contributed by atoms with E-state index in [1.807, 2.05) is 29.2 Å². The van der Waals surface area contributed by atoms with Gasteiger partial charge in [-0.15, -0.1) is 0 Å². The van der Waals surface area contributed by atoms with E-state index in [9.17, 15) is 4.79 Å². The molecule has 1 aliphatic heterocycles. The van der Waals surface area contributed by atoms with E-state index in [0.29, 0.717) is 37.8 Å². The number of rotatable bonds is 3. The topological polar surface area (TPSA) is 78.0 Å². The van der Waals surface area contributed by atoms with Gasteiger partial charge in [-0.05, 0) is 24.3 Å². The van der Waals surface area contributed by atoms with E-state index in [1.165, 1.54) is 0 Å². The number of piperazine rings is 1.